The first-order valence-corrected chi connectivity index (χ1v) is 6.94. The Morgan fingerprint density at radius 1 is 1.29 bits per heavy atom. The fourth-order valence-electron chi connectivity index (χ4n) is 1.34. The van der Waals surface area contributed by atoms with Crippen molar-refractivity contribution in [3.8, 4) is 0 Å². The second-order valence-electron chi connectivity index (χ2n) is 3.61. The van der Waals surface area contributed by atoms with Crippen LogP contribution in [0.3, 0.4) is 0 Å². The normalized spacial score (nSPS) is 16.7. The predicted octanol–water partition coefficient (Wildman–Crippen LogP) is 1.07. The van der Waals surface area contributed by atoms with E-state index in [4.69, 9.17) is 19.9 Å². The van der Waals surface area contributed by atoms with Gasteiger partial charge in [0.2, 0.25) is 0 Å². The van der Waals surface area contributed by atoms with Gasteiger partial charge in [0.25, 0.3) is 0 Å². The Hall–Kier alpha value is -0.0100. The summed E-state index contributed by atoms with van der Waals surface area (Å²) in [5.74, 6) is 0.0347. The molecule has 0 fully saturated rings. The maximum absolute atomic E-state index is 11.2. The lowest BCUT2D eigenvalue weighted by molar-refractivity contribution is -0.199. The average Bonchev–Trinajstić information content (AvgIpc) is 2.26. The van der Waals surface area contributed by atoms with Crippen molar-refractivity contribution in [1.82, 2.24) is 0 Å². The molecule has 8 heteroatoms. The zero-order chi connectivity index (χ0) is 13.1. The minimum atomic E-state index is -4.11. The van der Waals surface area contributed by atoms with Crippen molar-refractivity contribution in [3.63, 3.8) is 0 Å². The Morgan fingerprint density at radius 2 is 2.00 bits per heavy atom. The van der Waals surface area contributed by atoms with Gasteiger partial charge >= 0.3 is 7.82 Å². The van der Waals surface area contributed by atoms with Gasteiger partial charge in [-0.3, -0.25) is 4.52 Å². The summed E-state index contributed by atoms with van der Waals surface area (Å²) < 4.78 is 25.1. The quantitative estimate of drug-likeness (QED) is 0.251. The molecule has 2 unspecified atom stereocenters. The molecule has 0 bridgehead atoms. The molecule has 0 spiro atoms. The molecule has 0 amide bonds. The first-order chi connectivity index (χ1) is 8.05. The average molecular weight is 271 g/mol. The highest BCUT2D eigenvalue weighted by atomic mass is 31.2. The molecule has 3 N–H and O–H groups in total. The van der Waals surface area contributed by atoms with Gasteiger partial charge in [-0.1, -0.05) is 6.42 Å². The highest BCUT2D eigenvalue weighted by Gasteiger charge is 2.24. The standard InChI is InChI=1S/C9H22NO6P/c1-13-7-9(5-3-4-6-10)8-15-17(11,12)16-14-2/h9H,3-8,10H2,1-2H3,(H,11,12). The molecular formula is C9H22NO6P. The molecule has 2 atom stereocenters. The second kappa shape index (κ2) is 9.96. The van der Waals surface area contributed by atoms with E-state index in [1.807, 2.05) is 0 Å². The molecule has 17 heavy (non-hydrogen) atoms. The molecule has 0 aliphatic heterocycles. The molecule has 104 valence electrons. The van der Waals surface area contributed by atoms with E-state index in [0.29, 0.717) is 13.2 Å². The van der Waals surface area contributed by atoms with Gasteiger partial charge in [0.15, 0.2) is 0 Å². The van der Waals surface area contributed by atoms with Crippen molar-refractivity contribution in [2.75, 3.05) is 34.0 Å². The van der Waals surface area contributed by atoms with Gasteiger partial charge in [0.1, 0.15) is 0 Å². The molecule has 0 saturated carbocycles. The van der Waals surface area contributed by atoms with Gasteiger partial charge in [-0.05, 0) is 19.4 Å². The Balaban J connectivity index is 3.94. The zero-order valence-electron chi connectivity index (χ0n) is 10.3. The number of phosphoric acid groups is 1. The Labute approximate surface area is 102 Å². The maximum atomic E-state index is 11.2. The molecule has 0 heterocycles. The van der Waals surface area contributed by atoms with Crippen LogP contribution in [-0.2, 0) is 23.4 Å². The molecule has 0 rings (SSSR count). The molecule has 0 aromatic rings. The van der Waals surface area contributed by atoms with Gasteiger partial charge in [-0.2, -0.15) is 0 Å². The molecule has 0 radical (unpaired) electrons. The SMILES string of the molecule is COCC(CCCCN)COP(=O)(O)OOC. The van der Waals surface area contributed by atoms with E-state index in [2.05, 4.69) is 9.56 Å². The lowest BCUT2D eigenvalue weighted by Gasteiger charge is -2.17. The number of hydrogen-bond acceptors (Lipinski definition) is 6. The van der Waals surface area contributed by atoms with Crippen LogP contribution in [0.1, 0.15) is 19.3 Å². The fourth-order valence-corrected chi connectivity index (χ4v) is 1.97. The van der Waals surface area contributed by atoms with Crippen molar-refractivity contribution < 1.29 is 28.3 Å². The molecule has 7 nitrogen and oxygen atoms in total. The number of phosphoric ester groups is 1. The van der Waals surface area contributed by atoms with Crippen molar-refractivity contribution in [2.24, 2.45) is 11.7 Å². The van der Waals surface area contributed by atoms with Crippen LogP contribution in [0.5, 0.6) is 0 Å². The third-order valence-corrected chi connectivity index (χ3v) is 2.92. The van der Waals surface area contributed by atoms with Crippen molar-refractivity contribution in [1.29, 1.82) is 0 Å². The van der Waals surface area contributed by atoms with Crippen LogP contribution in [0.2, 0.25) is 0 Å². The van der Waals surface area contributed by atoms with E-state index >= 15 is 0 Å². The third kappa shape index (κ3) is 9.67. The number of hydrogen-bond donors (Lipinski definition) is 2. The van der Waals surface area contributed by atoms with Gasteiger partial charge in [-0.15, -0.1) is 4.67 Å². The minimum absolute atomic E-state index is 0.0347. The van der Waals surface area contributed by atoms with Crippen LogP contribution < -0.4 is 5.73 Å². The molecular weight excluding hydrogens is 249 g/mol. The van der Waals surface area contributed by atoms with Crippen LogP contribution in [0.4, 0.5) is 0 Å². The van der Waals surface area contributed by atoms with E-state index < -0.39 is 7.82 Å². The smallest absolute Gasteiger partial charge is 0.384 e. The predicted molar refractivity (Wildman–Crippen MR) is 62.1 cm³/mol. The number of methoxy groups -OCH3 is 1. The Bertz CT molecular complexity index is 228. The van der Waals surface area contributed by atoms with Gasteiger partial charge < -0.3 is 15.4 Å². The number of ether oxygens (including phenoxy) is 1. The van der Waals surface area contributed by atoms with Crippen LogP contribution >= 0.6 is 7.82 Å². The first-order valence-electron chi connectivity index (χ1n) is 5.44. The lowest BCUT2D eigenvalue weighted by atomic mass is 10.0. The maximum Gasteiger partial charge on any atom is 0.499 e. The molecule has 0 aromatic heterocycles. The number of rotatable bonds is 11. The van der Waals surface area contributed by atoms with Gasteiger partial charge in [0.05, 0.1) is 20.3 Å². The molecule has 0 aliphatic carbocycles. The second-order valence-corrected chi connectivity index (χ2v) is 4.96. The van der Waals surface area contributed by atoms with Crippen LogP contribution in [0.15, 0.2) is 0 Å². The highest BCUT2D eigenvalue weighted by Crippen LogP contribution is 2.43. The van der Waals surface area contributed by atoms with E-state index in [0.717, 1.165) is 26.4 Å². The zero-order valence-corrected chi connectivity index (χ0v) is 11.2. The Morgan fingerprint density at radius 3 is 2.53 bits per heavy atom. The summed E-state index contributed by atoms with van der Waals surface area (Å²) in [6.45, 7) is 1.17. The number of nitrogens with two attached hydrogens (primary N) is 1. The molecule has 0 aromatic carbocycles. The third-order valence-electron chi connectivity index (χ3n) is 2.11. The fraction of sp³-hybridized carbons (Fsp3) is 1.00. The summed E-state index contributed by atoms with van der Waals surface area (Å²) in [5.41, 5.74) is 5.39. The van der Waals surface area contributed by atoms with Gasteiger partial charge in [0, 0.05) is 13.0 Å². The van der Waals surface area contributed by atoms with E-state index in [1.165, 1.54) is 0 Å². The van der Waals surface area contributed by atoms with Crippen LogP contribution in [0, 0.1) is 5.92 Å². The van der Waals surface area contributed by atoms with E-state index in [1.54, 1.807) is 7.11 Å². The van der Waals surface area contributed by atoms with Gasteiger partial charge in [-0.25, -0.2) is 9.45 Å². The van der Waals surface area contributed by atoms with E-state index in [-0.39, 0.29) is 12.5 Å². The molecule has 0 saturated heterocycles. The van der Waals surface area contributed by atoms with Crippen LogP contribution in [0.25, 0.3) is 0 Å². The summed E-state index contributed by atoms with van der Waals surface area (Å²) in [4.78, 5) is 13.2. The number of unbranched alkanes of at least 4 members (excludes halogenated alkanes) is 1. The van der Waals surface area contributed by atoms with Crippen molar-refractivity contribution in [3.05, 3.63) is 0 Å². The van der Waals surface area contributed by atoms with E-state index in [9.17, 15) is 4.57 Å². The summed E-state index contributed by atoms with van der Waals surface area (Å²) in [5, 5.41) is 0. The van der Waals surface area contributed by atoms with Crippen molar-refractivity contribution in [2.45, 2.75) is 19.3 Å². The van der Waals surface area contributed by atoms with Crippen molar-refractivity contribution >= 4 is 7.82 Å². The summed E-state index contributed by atoms with van der Waals surface area (Å²) >= 11 is 0. The summed E-state index contributed by atoms with van der Waals surface area (Å²) in [6, 6.07) is 0. The lowest BCUT2D eigenvalue weighted by Crippen LogP contribution is -2.15. The highest BCUT2D eigenvalue weighted by molar-refractivity contribution is 7.47. The summed E-state index contributed by atoms with van der Waals surface area (Å²) in [7, 11) is -1.40. The first kappa shape index (κ1) is 17.0. The minimum Gasteiger partial charge on any atom is -0.384 e. The monoisotopic (exact) mass is 271 g/mol. The molecule has 0 aliphatic rings. The largest absolute Gasteiger partial charge is 0.499 e. The Kier molecular flexibility index (Phi) is 9.96. The topological polar surface area (TPSA) is 100 Å². The summed E-state index contributed by atoms with van der Waals surface area (Å²) in [6.07, 6.45) is 2.65. The van der Waals surface area contributed by atoms with Crippen LogP contribution in [-0.4, -0.2) is 38.9 Å².